The van der Waals surface area contributed by atoms with Gasteiger partial charge in [-0.25, -0.2) is 4.98 Å². The van der Waals surface area contributed by atoms with Crippen molar-refractivity contribution in [1.29, 1.82) is 0 Å². The molecule has 2 aromatic heterocycles. The molecule has 7 nitrogen and oxygen atoms in total. The van der Waals surface area contributed by atoms with E-state index in [1.807, 2.05) is 73.8 Å². The van der Waals surface area contributed by atoms with Gasteiger partial charge in [-0.05, 0) is 37.1 Å². The van der Waals surface area contributed by atoms with Crippen LogP contribution in [-0.4, -0.2) is 34.9 Å². The molecule has 4 aromatic rings. The Kier molecular flexibility index (Phi) is 6.74. The van der Waals surface area contributed by atoms with Gasteiger partial charge in [-0.15, -0.1) is 11.3 Å². The van der Waals surface area contributed by atoms with Gasteiger partial charge in [0.25, 0.3) is 0 Å². The first-order valence-corrected chi connectivity index (χ1v) is 11.5. The van der Waals surface area contributed by atoms with Crippen LogP contribution in [0.15, 0.2) is 60.0 Å². The molecule has 1 N–H and O–H groups in total. The molecule has 0 bridgehead atoms. The highest BCUT2D eigenvalue weighted by Crippen LogP contribution is 2.34. The van der Waals surface area contributed by atoms with Crippen molar-refractivity contribution in [3.8, 4) is 27.9 Å². The molecule has 2 aromatic carbocycles. The highest BCUT2D eigenvalue weighted by molar-refractivity contribution is 7.12. The minimum Gasteiger partial charge on any atom is -0.493 e. The number of carbonyl (C=O) groups is 1. The molecule has 2 heterocycles. The number of nitrogens with one attached hydrogen (secondary N) is 1. The summed E-state index contributed by atoms with van der Waals surface area (Å²) in [5.74, 6) is 1.59. The lowest BCUT2D eigenvalue weighted by molar-refractivity contribution is -0.117. The Hall–Kier alpha value is -3.65. The number of nitrogens with zero attached hydrogens (tertiary/aromatic N) is 3. The highest BCUT2D eigenvalue weighted by Gasteiger charge is 2.21. The van der Waals surface area contributed by atoms with E-state index < -0.39 is 0 Å². The van der Waals surface area contributed by atoms with E-state index in [1.165, 1.54) is 11.3 Å². The first kappa shape index (κ1) is 22.5. The fraction of sp³-hybridized carbons (Fsp3) is 0.240. The molecule has 0 aliphatic carbocycles. The molecule has 33 heavy (non-hydrogen) atoms. The van der Waals surface area contributed by atoms with Crippen molar-refractivity contribution in [3.05, 3.63) is 71.2 Å². The smallest absolute Gasteiger partial charge is 0.233 e. The summed E-state index contributed by atoms with van der Waals surface area (Å²) in [5.41, 5.74) is 3.48. The van der Waals surface area contributed by atoms with Gasteiger partial charge < -0.3 is 14.8 Å². The van der Waals surface area contributed by atoms with Gasteiger partial charge in [0.2, 0.25) is 11.0 Å². The van der Waals surface area contributed by atoms with Crippen LogP contribution in [-0.2, 0) is 4.79 Å². The number of carbonyl (C=O) groups excluding carboxylic acids is 1. The van der Waals surface area contributed by atoms with Crippen LogP contribution < -0.4 is 14.8 Å². The van der Waals surface area contributed by atoms with Crippen molar-refractivity contribution < 1.29 is 14.3 Å². The van der Waals surface area contributed by atoms with Gasteiger partial charge in [0.05, 0.1) is 31.5 Å². The lowest BCUT2D eigenvalue weighted by Crippen LogP contribution is -2.22. The van der Waals surface area contributed by atoms with Crippen LogP contribution in [0.3, 0.4) is 0 Å². The van der Waals surface area contributed by atoms with Crippen LogP contribution in [0, 0.1) is 6.92 Å². The van der Waals surface area contributed by atoms with Crippen LogP contribution in [0.25, 0.3) is 16.4 Å². The average molecular weight is 463 g/mol. The van der Waals surface area contributed by atoms with Crippen molar-refractivity contribution in [3.63, 3.8) is 0 Å². The van der Waals surface area contributed by atoms with Crippen molar-refractivity contribution >= 4 is 23.1 Å². The van der Waals surface area contributed by atoms with Crippen molar-refractivity contribution in [1.82, 2.24) is 14.8 Å². The van der Waals surface area contributed by atoms with Crippen LogP contribution in [0.4, 0.5) is 5.82 Å². The van der Waals surface area contributed by atoms with Gasteiger partial charge in [0.15, 0.2) is 11.5 Å². The van der Waals surface area contributed by atoms with Gasteiger partial charge in [0, 0.05) is 17.0 Å². The maximum Gasteiger partial charge on any atom is 0.233 e. The van der Waals surface area contributed by atoms with E-state index in [0.29, 0.717) is 28.9 Å². The number of aryl methyl sites for hydroxylation is 1. The van der Waals surface area contributed by atoms with E-state index in [4.69, 9.17) is 14.5 Å². The molecular formula is C25H26N4O3S. The highest BCUT2D eigenvalue weighted by atomic mass is 32.1. The number of amides is 1. The summed E-state index contributed by atoms with van der Waals surface area (Å²) in [5, 5.41) is 10.2. The van der Waals surface area contributed by atoms with Gasteiger partial charge >= 0.3 is 0 Å². The Morgan fingerprint density at radius 2 is 1.85 bits per heavy atom. The average Bonchev–Trinajstić information content (AvgIpc) is 3.46. The Bertz CT molecular complexity index is 1250. The van der Waals surface area contributed by atoms with Gasteiger partial charge in [0.1, 0.15) is 5.82 Å². The minimum atomic E-state index is -0.242. The summed E-state index contributed by atoms with van der Waals surface area (Å²) < 4.78 is 12.4. The quantitative estimate of drug-likeness (QED) is 0.377. The number of ether oxygens (including phenoxy) is 2. The van der Waals surface area contributed by atoms with Gasteiger partial charge in [-0.3, -0.25) is 4.79 Å². The Morgan fingerprint density at radius 3 is 2.55 bits per heavy atom. The molecule has 1 atom stereocenters. The van der Waals surface area contributed by atoms with Crippen molar-refractivity contribution in [2.75, 3.05) is 19.5 Å². The maximum atomic E-state index is 13.1. The Morgan fingerprint density at radius 1 is 1.09 bits per heavy atom. The molecule has 8 heteroatoms. The fourth-order valence-electron chi connectivity index (χ4n) is 3.70. The molecule has 1 amide bonds. The SMILES string of the molecule is CC[C@H](C(=O)Nc1cc(C)nn1-c1nc(-c2ccc(OC)c(OC)c2)cs1)c1ccccc1. The number of aromatic nitrogens is 3. The summed E-state index contributed by atoms with van der Waals surface area (Å²) in [4.78, 5) is 17.9. The van der Waals surface area contributed by atoms with Crippen LogP contribution in [0.2, 0.25) is 0 Å². The second-order valence-electron chi connectivity index (χ2n) is 7.53. The van der Waals surface area contributed by atoms with E-state index in [1.54, 1.807) is 18.9 Å². The zero-order valence-corrected chi connectivity index (χ0v) is 19.8. The third-order valence-electron chi connectivity index (χ3n) is 5.36. The van der Waals surface area contributed by atoms with Crippen LogP contribution in [0.1, 0.15) is 30.5 Å². The third kappa shape index (κ3) is 4.75. The zero-order valence-electron chi connectivity index (χ0n) is 19.0. The minimum absolute atomic E-state index is 0.0680. The predicted molar refractivity (Wildman–Crippen MR) is 131 cm³/mol. The molecule has 0 unspecified atom stereocenters. The van der Waals surface area contributed by atoms with E-state index in [0.717, 1.165) is 22.5 Å². The molecule has 0 fully saturated rings. The number of hydrogen-bond donors (Lipinski definition) is 1. The normalized spacial score (nSPS) is 11.8. The number of hydrogen-bond acceptors (Lipinski definition) is 6. The maximum absolute atomic E-state index is 13.1. The molecule has 0 radical (unpaired) electrons. The Balaban J connectivity index is 1.61. The largest absolute Gasteiger partial charge is 0.493 e. The first-order chi connectivity index (χ1) is 16.0. The standard InChI is InChI=1S/C25H26N4O3S/c1-5-19(17-9-7-6-8-10-17)24(30)27-23-13-16(2)28-29(23)25-26-20(15-33-25)18-11-12-21(31-3)22(14-18)32-4/h6-15,19H,5H2,1-4H3,(H,27,30)/t19-/m0/s1. The summed E-state index contributed by atoms with van der Waals surface area (Å²) >= 11 is 1.45. The number of anilines is 1. The molecular weight excluding hydrogens is 436 g/mol. The zero-order chi connectivity index (χ0) is 23.4. The molecule has 0 spiro atoms. The monoisotopic (exact) mass is 462 g/mol. The summed E-state index contributed by atoms with van der Waals surface area (Å²) in [6.07, 6.45) is 0.698. The number of thiazole rings is 1. The fourth-order valence-corrected chi connectivity index (χ4v) is 4.49. The van der Waals surface area contributed by atoms with E-state index >= 15 is 0 Å². The molecule has 0 aliphatic rings. The summed E-state index contributed by atoms with van der Waals surface area (Å²) in [6.45, 7) is 3.90. The van der Waals surface area contributed by atoms with Crippen molar-refractivity contribution in [2.45, 2.75) is 26.2 Å². The molecule has 170 valence electrons. The topological polar surface area (TPSA) is 78.3 Å². The summed E-state index contributed by atoms with van der Waals surface area (Å²) in [7, 11) is 3.21. The van der Waals surface area contributed by atoms with Gasteiger partial charge in [-0.2, -0.15) is 9.78 Å². The molecule has 0 aliphatic heterocycles. The summed E-state index contributed by atoms with van der Waals surface area (Å²) in [6, 6.07) is 17.3. The van der Waals surface area contributed by atoms with E-state index in [9.17, 15) is 4.79 Å². The molecule has 0 saturated carbocycles. The molecule has 0 saturated heterocycles. The third-order valence-corrected chi connectivity index (χ3v) is 6.18. The van der Waals surface area contributed by atoms with Gasteiger partial charge in [-0.1, -0.05) is 37.3 Å². The number of benzene rings is 2. The van der Waals surface area contributed by atoms with E-state index in [2.05, 4.69) is 10.4 Å². The number of methoxy groups -OCH3 is 2. The predicted octanol–water partition coefficient (Wildman–Crippen LogP) is 5.45. The second-order valence-corrected chi connectivity index (χ2v) is 8.37. The lowest BCUT2D eigenvalue weighted by Gasteiger charge is -2.15. The first-order valence-electron chi connectivity index (χ1n) is 10.6. The second kappa shape index (κ2) is 9.87. The Labute approximate surface area is 197 Å². The lowest BCUT2D eigenvalue weighted by atomic mass is 9.96. The molecule has 4 rings (SSSR count). The van der Waals surface area contributed by atoms with Crippen molar-refractivity contribution in [2.24, 2.45) is 0 Å². The number of rotatable bonds is 8. The van der Waals surface area contributed by atoms with Crippen LogP contribution in [0.5, 0.6) is 11.5 Å². The van der Waals surface area contributed by atoms with E-state index in [-0.39, 0.29) is 11.8 Å². The van der Waals surface area contributed by atoms with Crippen LogP contribution >= 0.6 is 11.3 Å².